The third-order valence-electron chi connectivity index (χ3n) is 14.6. The average molecular weight is 766 g/mol. The first-order valence-electron chi connectivity index (χ1n) is 21.2. The van der Waals surface area contributed by atoms with Crippen LogP contribution in [0.25, 0.3) is 78.4 Å². The second-order valence-electron chi connectivity index (χ2n) is 18.9. The van der Waals surface area contributed by atoms with E-state index in [4.69, 9.17) is 4.98 Å². The van der Waals surface area contributed by atoms with Gasteiger partial charge >= 0.3 is 0 Å². The number of benzene rings is 6. The van der Waals surface area contributed by atoms with Gasteiger partial charge in [-0.05, 0) is 168 Å². The molecule has 282 valence electrons. The molecule has 6 aromatic carbocycles. The van der Waals surface area contributed by atoms with E-state index in [9.17, 15) is 0 Å². The lowest BCUT2D eigenvalue weighted by Crippen LogP contribution is -2.17. The second kappa shape index (κ2) is 11.8. The summed E-state index contributed by atoms with van der Waals surface area (Å²) in [6.45, 7) is 14.6. The predicted octanol–water partition coefficient (Wildman–Crippen LogP) is 15.0. The third kappa shape index (κ3) is 4.67. The van der Waals surface area contributed by atoms with Gasteiger partial charge in [0.15, 0.2) is 0 Å². The molecule has 1 nitrogen and oxygen atoms in total. The van der Waals surface area contributed by atoms with Crippen LogP contribution in [0.15, 0.2) is 115 Å². The number of allylic oxidation sites excluding steroid dienone is 2. The van der Waals surface area contributed by atoms with Gasteiger partial charge in [0.25, 0.3) is 0 Å². The van der Waals surface area contributed by atoms with Gasteiger partial charge in [-0.15, -0.1) is 11.3 Å². The van der Waals surface area contributed by atoms with Crippen molar-refractivity contribution in [3.63, 3.8) is 0 Å². The maximum atomic E-state index is 5.07. The molecule has 2 heteroatoms. The van der Waals surface area contributed by atoms with Crippen molar-refractivity contribution in [1.82, 2.24) is 4.98 Å². The number of fused-ring (bicyclic) bond motifs is 11. The Morgan fingerprint density at radius 1 is 0.448 bits per heavy atom. The Kier molecular flexibility index (Phi) is 6.99. The van der Waals surface area contributed by atoms with E-state index in [-0.39, 0.29) is 16.2 Å². The summed E-state index contributed by atoms with van der Waals surface area (Å²) in [7, 11) is 0. The highest BCUT2D eigenvalue weighted by atomic mass is 32.1. The average Bonchev–Trinajstić information content (AvgIpc) is 3.91. The number of hydrogen-bond donors (Lipinski definition) is 0. The Morgan fingerprint density at radius 3 is 1.57 bits per heavy atom. The highest BCUT2D eigenvalue weighted by Crippen LogP contribution is 2.59. The summed E-state index contributed by atoms with van der Waals surface area (Å²) in [6, 6.07) is 40.6. The molecular weight excluding hydrogens is 719 g/mol. The van der Waals surface area contributed by atoms with Gasteiger partial charge in [-0.2, -0.15) is 0 Å². The summed E-state index contributed by atoms with van der Waals surface area (Å²) in [5, 5.41) is 1.14. The Hall–Kier alpha value is -5.57. The standard InChI is InChI=1S/C56H47NS/c1-54(2)45-26-35(32-18-20-34(21-19-32)38-15-11-13-33-12-7-8-14-37(33)38)22-24-39(45)41-28-49-43(30-47(41)54)44-31-48-42(29-50(44)56(49,5)6)40-25-23-36(27-46(40)55(48,3)4)53-57-51-16-9-10-17-52(51)58-53/h8-9,11,13-16,18-31H,7,10,12,17H2,1-6H3. The number of aromatic nitrogens is 1. The van der Waals surface area contributed by atoms with Crippen LogP contribution in [0.1, 0.15) is 109 Å². The van der Waals surface area contributed by atoms with Gasteiger partial charge in [-0.25, -0.2) is 4.98 Å². The summed E-state index contributed by atoms with van der Waals surface area (Å²) in [5.74, 6) is 0. The maximum absolute atomic E-state index is 5.07. The molecule has 0 atom stereocenters. The van der Waals surface area contributed by atoms with E-state index in [0.29, 0.717) is 0 Å². The van der Waals surface area contributed by atoms with Crippen molar-refractivity contribution in [1.29, 1.82) is 0 Å². The first-order valence-corrected chi connectivity index (χ1v) is 22.0. The SMILES string of the molecule is CC1(C)c2cc(-c3ccc(-c4cccc5c4C=CCC5)cc3)ccc2-c2cc3c(cc21)-c1cc2c(cc1C3(C)C)-c1ccc(-c3nc4c(s3)CCC=C4)cc1C2(C)C. The van der Waals surface area contributed by atoms with Gasteiger partial charge < -0.3 is 0 Å². The molecule has 0 aliphatic heterocycles. The smallest absolute Gasteiger partial charge is 0.124 e. The quantitative estimate of drug-likeness (QED) is 0.175. The Labute approximate surface area is 346 Å². The molecule has 1 aromatic heterocycles. The van der Waals surface area contributed by atoms with Crippen LogP contribution in [-0.4, -0.2) is 4.98 Å². The molecular formula is C56H47NS. The highest BCUT2D eigenvalue weighted by Gasteiger charge is 2.44. The number of rotatable bonds is 3. The summed E-state index contributed by atoms with van der Waals surface area (Å²) in [4.78, 5) is 6.49. The van der Waals surface area contributed by atoms with Crippen LogP contribution in [0.4, 0.5) is 0 Å². The molecule has 1 heterocycles. The zero-order chi connectivity index (χ0) is 39.3. The van der Waals surface area contributed by atoms with Gasteiger partial charge in [-0.3, -0.25) is 0 Å². The lowest BCUT2D eigenvalue weighted by molar-refractivity contribution is 0.649. The van der Waals surface area contributed by atoms with Crippen LogP contribution in [0, 0.1) is 0 Å². The molecule has 0 fully saturated rings. The van der Waals surface area contributed by atoms with Crippen LogP contribution in [0.5, 0.6) is 0 Å². The number of thiazole rings is 1. The van der Waals surface area contributed by atoms with Gasteiger partial charge in [0.05, 0.1) is 5.69 Å². The molecule has 0 N–H and O–H groups in total. The normalized spacial score (nSPS) is 17.5. The van der Waals surface area contributed by atoms with E-state index < -0.39 is 0 Å². The Bertz CT molecular complexity index is 3010. The minimum absolute atomic E-state index is 0.113. The molecule has 0 bridgehead atoms. The molecule has 0 saturated heterocycles. The molecule has 0 radical (unpaired) electrons. The fraction of sp³-hybridized carbons (Fsp3) is 0.232. The van der Waals surface area contributed by atoms with Crippen molar-refractivity contribution in [2.75, 3.05) is 0 Å². The molecule has 0 saturated carbocycles. The third-order valence-corrected chi connectivity index (χ3v) is 15.8. The summed E-state index contributed by atoms with van der Waals surface area (Å²) in [5.41, 5.74) is 27.0. The first-order chi connectivity index (χ1) is 28.0. The fourth-order valence-corrected chi connectivity index (χ4v) is 12.3. The number of hydrogen-bond acceptors (Lipinski definition) is 2. The Morgan fingerprint density at radius 2 is 0.948 bits per heavy atom. The van der Waals surface area contributed by atoms with Crippen molar-refractivity contribution < 1.29 is 0 Å². The summed E-state index contributed by atoms with van der Waals surface area (Å²) < 4.78 is 0. The molecule has 12 rings (SSSR count). The van der Waals surface area contributed by atoms with E-state index in [1.165, 1.54) is 111 Å². The fourth-order valence-electron chi connectivity index (χ4n) is 11.3. The minimum Gasteiger partial charge on any atom is -0.236 e. The van der Waals surface area contributed by atoms with Crippen LogP contribution in [0.3, 0.4) is 0 Å². The molecule has 0 spiro atoms. The zero-order valence-corrected chi connectivity index (χ0v) is 35.1. The van der Waals surface area contributed by atoms with Crippen molar-refractivity contribution in [2.45, 2.75) is 83.5 Å². The van der Waals surface area contributed by atoms with E-state index >= 15 is 0 Å². The topological polar surface area (TPSA) is 12.9 Å². The van der Waals surface area contributed by atoms with E-state index in [2.05, 4.69) is 169 Å². The minimum atomic E-state index is -0.120. The van der Waals surface area contributed by atoms with Crippen LogP contribution < -0.4 is 0 Å². The van der Waals surface area contributed by atoms with Crippen molar-refractivity contribution in [3.05, 3.63) is 170 Å². The van der Waals surface area contributed by atoms with Crippen LogP contribution in [0.2, 0.25) is 0 Å². The van der Waals surface area contributed by atoms with E-state index in [1.54, 1.807) is 0 Å². The van der Waals surface area contributed by atoms with Crippen molar-refractivity contribution in [3.8, 4) is 66.2 Å². The monoisotopic (exact) mass is 765 g/mol. The molecule has 5 aliphatic rings. The van der Waals surface area contributed by atoms with Gasteiger partial charge in [0, 0.05) is 26.7 Å². The molecule has 58 heavy (non-hydrogen) atoms. The maximum Gasteiger partial charge on any atom is 0.124 e. The number of nitrogens with zero attached hydrogens (tertiary/aromatic N) is 1. The Balaban J connectivity index is 0.904. The number of aryl methyl sites for hydroxylation is 2. The van der Waals surface area contributed by atoms with Crippen molar-refractivity contribution in [2.24, 2.45) is 0 Å². The summed E-state index contributed by atoms with van der Waals surface area (Å²) >= 11 is 1.87. The summed E-state index contributed by atoms with van der Waals surface area (Å²) in [6.07, 6.45) is 13.6. The van der Waals surface area contributed by atoms with Crippen LogP contribution in [-0.2, 0) is 29.1 Å². The van der Waals surface area contributed by atoms with E-state index in [0.717, 1.165) is 36.4 Å². The molecule has 0 unspecified atom stereocenters. The van der Waals surface area contributed by atoms with Gasteiger partial charge in [-0.1, -0.05) is 127 Å². The first kappa shape index (κ1) is 34.5. The predicted molar refractivity (Wildman–Crippen MR) is 246 cm³/mol. The lowest BCUT2D eigenvalue weighted by Gasteiger charge is -2.25. The largest absolute Gasteiger partial charge is 0.236 e. The van der Waals surface area contributed by atoms with Gasteiger partial charge in [0.2, 0.25) is 0 Å². The second-order valence-corrected chi connectivity index (χ2v) is 20.0. The van der Waals surface area contributed by atoms with Crippen molar-refractivity contribution >= 4 is 23.5 Å². The molecule has 5 aliphatic carbocycles. The molecule has 0 amide bonds. The van der Waals surface area contributed by atoms with Gasteiger partial charge in [0.1, 0.15) is 5.01 Å². The van der Waals surface area contributed by atoms with Crippen LogP contribution >= 0.6 is 11.3 Å². The highest BCUT2D eigenvalue weighted by molar-refractivity contribution is 7.15. The lowest BCUT2D eigenvalue weighted by atomic mass is 9.78. The molecule has 7 aromatic rings. The zero-order valence-electron chi connectivity index (χ0n) is 34.3. The van der Waals surface area contributed by atoms with E-state index in [1.807, 2.05) is 11.3 Å².